The minimum Gasteiger partial charge on any atom is -0.394 e. The van der Waals surface area contributed by atoms with Gasteiger partial charge in [-0.15, -0.1) is 0 Å². The zero-order valence-electron chi connectivity index (χ0n) is 30.5. The van der Waals surface area contributed by atoms with Crippen LogP contribution in [0.1, 0.15) is 101 Å². The number of Topliss-reactive ketones (excluding diaryl/α,β-unsaturated/α-hetero) is 2. The summed E-state index contributed by atoms with van der Waals surface area (Å²) in [6, 6.07) is 0. The van der Waals surface area contributed by atoms with Crippen LogP contribution in [0.15, 0.2) is 11.6 Å². The van der Waals surface area contributed by atoms with Gasteiger partial charge in [0.1, 0.15) is 35.8 Å². The average molecular weight is 697 g/mol. The van der Waals surface area contributed by atoms with E-state index >= 15 is 0 Å². The topological polar surface area (TPSA) is 214 Å². The number of aliphatic hydroxyl groups excluding tert-OH is 6. The smallest absolute Gasteiger partial charge is 0.187 e. The summed E-state index contributed by atoms with van der Waals surface area (Å²) in [6.07, 6.45) is -7.59. The van der Waals surface area contributed by atoms with Crippen LogP contribution in [0, 0.1) is 38.9 Å². The molecule has 1 saturated heterocycles. The molecule has 0 spiro atoms. The molecule has 3 saturated carbocycles. The van der Waals surface area contributed by atoms with Gasteiger partial charge in [-0.25, -0.2) is 0 Å². The molecule has 12 nitrogen and oxygen atoms in total. The summed E-state index contributed by atoms with van der Waals surface area (Å²) in [4.78, 5) is 28.5. The van der Waals surface area contributed by atoms with Gasteiger partial charge < -0.3 is 50.3 Å². The van der Waals surface area contributed by atoms with Gasteiger partial charge in [0.25, 0.3) is 0 Å². The third-order valence-electron chi connectivity index (χ3n) is 14.9. The molecule has 0 amide bonds. The molecule has 0 radical (unpaired) electrons. The number of fused-ring (bicyclic) bond motifs is 5. The quantitative estimate of drug-likeness (QED) is 0.168. The largest absolute Gasteiger partial charge is 0.394 e. The van der Waals surface area contributed by atoms with Gasteiger partial charge in [0.05, 0.1) is 30.5 Å². The molecule has 0 aromatic heterocycles. The Morgan fingerprint density at radius 2 is 1.59 bits per heavy atom. The second-order valence-electron chi connectivity index (χ2n) is 18.1. The Morgan fingerprint density at radius 1 is 0.980 bits per heavy atom. The summed E-state index contributed by atoms with van der Waals surface area (Å²) in [7, 11) is 0. The van der Waals surface area contributed by atoms with Crippen LogP contribution in [0.25, 0.3) is 0 Å². The first kappa shape index (κ1) is 38.9. The zero-order valence-corrected chi connectivity index (χ0v) is 30.5. The lowest BCUT2D eigenvalue weighted by atomic mass is 9.36. The fourth-order valence-corrected chi connectivity index (χ4v) is 11.2. The lowest BCUT2D eigenvalue weighted by Crippen LogP contribution is -2.69. The molecule has 15 atom stereocenters. The first-order valence-electron chi connectivity index (χ1n) is 17.8. The lowest BCUT2D eigenvalue weighted by molar-refractivity contribution is -0.327. The summed E-state index contributed by atoms with van der Waals surface area (Å²) in [6.45, 7) is 15.4. The van der Waals surface area contributed by atoms with E-state index in [0.717, 1.165) is 5.57 Å². The molecular weight excluding hydrogens is 636 g/mol. The van der Waals surface area contributed by atoms with E-state index in [4.69, 9.17) is 9.47 Å². The van der Waals surface area contributed by atoms with Crippen molar-refractivity contribution < 1.29 is 59.9 Å². The third kappa shape index (κ3) is 5.29. The highest BCUT2D eigenvalue weighted by molar-refractivity contribution is 5.91. The molecule has 0 bridgehead atoms. The van der Waals surface area contributed by atoms with Crippen LogP contribution in [0.4, 0.5) is 0 Å². The van der Waals surface area contributed by atoms with Crippen molar-refractivity contribution in [2.24, 2.45) is 38.9 Å². The summed E-state index contributed by atoms with van der Waals surface area (Å²) in [5.41, 5.74) is -7.13. The standard InChI is InChI=1S/C37H60O12/c1-31(2,46)13-12-23(40)37(9,47)36(8)25(42)15-33(5)22-11-10-18-19(35(22,7)24(41)16-34(33,36)6)14-20(39)29(32(18,3)4)49-30-28(45)27(44)26(43)21(17-38)48-30/h10,19-22,25-30,38-39,42-47H,11-17H2,1-9H3. The maximum absolute atomic E-state index is 14.8. The number of aliphatic hydroxyl groups is 8. The summed E-state index contributed by atoms with van der Waals surface area (Å²) < 4.78 is 11.8. The van der Waals surface area contributed by atoms with Gasteiger partial charge in [0.15, 0.2) is 12.1 Å². The Kier molecular flexibility index (Phi) is 9.61. The number of hydrogen-bond acceptors (Lipinski definition) is 12. The van der Waals surface area contributed by atoms with Crippen LogP contribution in [-0.2, 0) is 19.1 Å². The highest BCUT2D eigenvalue weighted by Gasteiger charge is 2.79. The van der Waals surface area contributed by atoms with E-state index in [2.05, 4.69) is 13.0 Å². The van der Waals surface area contributed by atoms with Crippen molar-refractivity contribution in [1.82, 2.24) is 0 Å². The van der Waals surface area contributed by atoms with Crippen molar-refractivity contribution in [2.45, 2.75) is 161 Å². The summed E-state index contributed by atoms with van der Waals surface area (Å²) >= 11 is 0. The molecule has 49 heavy (non-hydrogen) atoms. The first-order valence-corrected chi connectivity index (χ1v) is 17.8. The maximum Gasteiger partial charge on any atom is 0.187 e. The number of allylic oxidation sites excluding steroid dienone is 1. The fourth-order valence-electron chi connectivity index (χ4n) is 11.2. The number of hydrogen-bond donors (Lipinski definition) is 8. The maximum atomic E-state index is 14.8. The molecule has 15 unspecified atom stereocenters. The Bertz CT molecular complexity index is 1350. The summed E-state index contributed by atoms with van der Waals surface area (Å²) in [5, 5.41) is 86.9. The van der Waals surface area contributed by atoms with Gasteiger partial charge in [-0.3, -0.25) is 9.59 Å². The van der Waals surface area contributed by atoms with Gasteiger partial charge in [-0.1, -0.05) is 53.2 Å². The minimum absolute atomic E-state index is 0.00405. The zero-order chi connectivity index (χ0) is 37.1. The van der Waals surface area contributed by atoms with E-state index in [9.17, 15) is 50.4 Å². The van der Waals surface area contributed by atoms with E-state index in [1.807, 2.05) is 27.7 Å². The molecule has 12 heteroatoms. The molecule has 1 heterocycles. The van der Waals surface area contributed by atoms with Gasteiger partial charge in [0.2, 0.25) is 0 Å². The van der Waals surface area contributed by atoms with E-state index in [1.54, 1.807) is 20.8 Å². The Labute approximate surface area is 289 Å². The van der Waals surface area contributed by atoms with Crippen molar-refractivity contribution in [3.05, 3.63) is 11.6 Å². The lowest BCUT2D eigenvalue weighted by Gasteiger charge is -2.67. The van der Waals surface area contributed by atoms with Crippen molar-refractivity contribution in [1.29, 1.82) is 0 Å². The van der Waals surface area contributed by atoms with Crippen molar-refractivity contribution in [2.75, 3.05) is 6.61 Å². The van der Waals surface area contributed by atoms with Crippen LogP contribution in [0.3, 0.4) is 0 Å². The predicted molar refractivity (Wildman–Crippen MR) is 177 cm³/mol. The summed E-state index contributed by atoms with van der Waals surface area (Å²) in [5.74, 6) is -1.26. The monoisotopic (exact) mass is 696 g/mol. The predicted octanol–water partition coefficient (Wildman–Crippen LogP) is 1.16. The Hall–Kier alpha value is -1.32. The molecule has 5 aliphatic rings. The average Bonchev–Trinajstić information content (AvgIpc) is 3.15. The van der Waals surface area contributed by atoms with Gasteiger partial charge in [0, 0.05) is 29.1 Å². The second kappa shape index (κ2) is 12.1. The number of rotatable bonds is 8. The van der Waals surface area contributed by atoms with Gasteiger partial charge >= 0.3 is 0 Å². The van der Waals surface area contributed by atoms with E-state index in [-0.39, 0.29) is 43.8 Å². The molecule has 0 aromatic carbocycles. The third-order valence-corrected chi connectivity index (χ3v) is 14.9. The number of ketones is 2. The highest BCUT2D eigenvalue weighted by atomic mass is 16.7. The van der Waals surface area contributed by atoms with E-state index in [1.165, 1.54) is 6.92 Å². The fraction of sp³-hybridized carbons (Fsp3) is 0.892. The molecular formula is C37H60O12. The first-order chi connectivity index (χ1) is 22.3. The van der Waals surface area contributed by atoms with Crippen molar-refractivity contribution in [3.8, 4) is 0 Å². The highest BCUT2D eigenvalue weighted by Crippen LogP contribution is 2.77. The Balaban J connectivity index is 1.49. The molecule has 0 aromatic rings. The molecule has 280 valence electrons. The second-order valence-corrected chi connectivity index (χ2v) is 18.1. The molecule has 4 aliphatic carbocycles. The minimum atomic E-state index is -1.99. The van der Waals surface area contributed by atoms with Crippen LogP contribution in [0.2, 0.25) is 0 Å². The number of carbonyl (C=O) groups excluding carboxylic acids is 2. The SMILES string of the molecule is CC(C)(O)CCC(=O)C(C)(O)C1(C)C(O)CC2(C)C3CC=C4C(CC(O)C(OC5OC(CO)C(O)C(O)C5O)C4(C)C)C3(C)C(=O)CC21C. The van der Waals surface area contributed by atoms with Gasteiger partial charge in [-0.2, -0.15) is 0 Å². The number of carbonyl (C=O) groups is 2. The van der Waals surface area contributed by atoms with Crippen LogP contribution in [0.5, 0.6) is 0 Å². The van der Waals surface area contributed by atoms with Crippen molar-refractivity contribution in [3.63, 3.8) is 0 Å². The van der Waals surface area contributed by atoms with Crippen LogP contribution < -0.4 is 0 Å². The molecule has 8 N–H and O–H groups in total. The molecule has 1 aliphatic heterocycles. The Morgan fingerprint density at radius 3 is 2.16 bits per heavy atom. The van der Waals surface area contributed by atoms with Gasteiger partial charge in [-0.05, 0) is 69.1 Å². The van der Waals surface area contributed by atoms with Crippen molar-refractivity contribution >= 4 is 11.6 Å². The normalized spacial score (nSPS) is 49.3. The van der Waals surface area contributed by atoms with Crippen LogP contribution in [-0.4, -0.2) is 119 Å². The molecule has 5 rings (SSSR count). The van der Waals surface area contributed by atoms with Crippen LogP contribution >= 0.6 is 0 Å². The van der Waals surface area contributed by atoms with E-state index in [0.29, 0.717) is 6.42 Å². The van der Waals surface area contributed by atoms with E-state index < -0.39 is 106 Å². The molecule has 4 fully saturated rings. The number of ether oxygens (including phenoxy) is 2.